The monoisotopic (exact) mass is 308 g/mol. The van der Waals surface area contributed by atoms with E-state index in [9.17, 15) is 4.79 Å². The summed E-state index contributed by atoms with van der Waals surface area (Å²) in [5.74, 6) is -0.107. The number of halogens is 1. The molecule has 2 rings (SSSR count). The summed E-state index contributed by atoms with van der Waals surface area (Å²) in [4.78, 5) is 11.8. The van der Waals surface area contributed by atoms with Gasteiger partial charge in [-0.3, -0.25) is 9.48 Å². The van der Waals surface area contributed by atoms with Gasteiger partial charge in [-0.05, 0) is 31.0 Å². The smallest absolute Gasteiger partial charge is 0.226 e. The molecular weight excluding hydrogens is 292 g/mol. The first kappa shape index (κ1) is 15.5. The number of nitrogens with zero attached hydrogens (tertiary/aromatic N) is 3. The number of aromatic nitrogens is 3. The van der Waals surface area contributed by atoms with E-state index in [4.69, 9.17) is 16.7 Å². The van der Waals surface area contributed by atoms with Crippen LogP contribution in [0.2, 0.25) is 5.02 Å². The summed E-state index contributed by atoms with van der Waals surface area (Å²) >= 11 is 5.85. The minimum atomic E-state index is -0.107. The van der Waals surface area contributed by atoms with Gasteiger partial charge in [0.15, 0.2) is 0 Å². The lowest BCUT2D eigenvalue weighted by Crippen LogP contribution is -2.14. The maximum Gasteiger partial charge on any atom is 0.226 e. The molecule has 0 unspecified atom stereocenters. The fourth-order valence-corrected chi connectivity index (χ4v) is 2.02. The first-order valence-corrected chi connectivity index (χ1v) is 7.10. The standard InChI is InChI=1S/C14H17ClN4O2/c15-11-3-1-4-12(9-11)16-14(21)6-7-19-10-13(17-18-19)5-2-8-20/h1,3-4,9-10,20H,2,5-8H2,(H,16,21). The van der Waals surface area contributed by atoms with Crippen molar-refractivity contribution in [1.82, 2.24) is 15.0 Å². The van der Waals surface area contributed by atoms with Gasteiger partial charge >= 0.3 is 0 Å². The number of aryl methyl sites for hydroxylation is 2. The number of anilines is 1. The number of nitrogens with one attached hydrogen (secondary N) is 1. The molecule has 7 heteroatoms. The van der Waals surface area contributed by atoms with Crippen LogP contribution in [0.3, 0.4) is 0 Å². The Morgan fingerprint density at radius 1 is 1.43 bits per heavy atom. The van der Waals surface area contributed by atoms with Gasteiger partial charge in [0.05, 0.1) is 12.2 Å². The average molecular weight is 309 g/mol. The third-order valence-corrected chi connectivity index (χ3v) is 3.09. The van der Waals surface area contributed by atoms with Gasteiger partial charge < -0.3 is 10.4 Å². The van der Waals surface area contributed by atoms with Crippen LogP contribution in [0, 0.1) is 0 Å². The van der Waals surface area contributed by atoms with Crippen LogP contribution in [-0.2, 0) is 17.8 Å². The molecule has 21 heavy (non-hydrogen) atoms. The Labute approximate surface area is 127 Å². The summed E-state index contributed by atoms with van der Waals surface area (Å²) in [7, 11) is 0. The molecule has 0 atom stereocenters. The Morgan fingerprint density at radius 2 is 2.29 bits per heavy atom. The zero-order chi connectivity index (χ0) is 15.1. The molecule has 2 N–H and O–H groups in total. The van der Waals surface area contributed by atoms with Crippen LogP contribution in [-0.4, -0.2) is 32.6 Å². The predicted molar refractivity (Wildman–Crippen MR) is 80.1 cm³/mol. The lowest BCUT2D eigenvalue weighted by atomic mass is 10.2. The number of carbonyl (C=O) groups excluding carboxylic acids is 1. The van der Waals surface area contributed by atoms with Crippen LogP contribution in [0.25, 0.3) is 0 Å². The van der Waals surface area contributed by atoms with Crippen molar-refractivity contribution in [3.05, 3.63) is 41.2 Å². The Bertz CT molecular complexity index is 600. The Hall–Kier alpha value is -1.92. The van der Waals surface area contributed by atoms with Gasteiger partial charge in [-0.1, -0.05) is 22.9 Å². The minimum Gasteiger partial charge on any atom is -0.396 e. The van der Waals surface area contributed by atoms with Crippen LogP contribution >= 0.6 is 11.6 Å². The number of rotatable bonds is 7. The second-order valence-corrected chi connectivity index (χ2v) is 5.05. The molecule has 0 bridgehead atoms. The minimum absolute atomic E-state index is 0.107. The molecule has 0 aliphatic rings. The lowest BCUT2D eigenvalue weighted by molar-refractivity contribution is -0.116. The van der Waals surface area contributed by atoms with Crippen LogP contribution < -0.4 is 5.32 Å². The third-order valence-electron chi connectivity index (χ3n) is 2.85. The molecule has 0 fully saturated rings. The van der Waals surface area contributed by atoms with E-state index in [1.54, 1.807) is 35.1 Å². The van der Waals surface area contributed by atoms with Gasteiger partial charge in [-0.25, -0.2) is 0 Å². The first-order valence-electron chi connectivity index (χ1n) is 6.72. The molecule has 1 amide bonds. The number of amides is 1. The number of hydrogen-bond acceptors (Lipinski definition) is 4. The van der Waals surface area contributed by atoms with Crippen molar-refractivity contribution in [3.63, 3.8) is 0 Å². The predicted octanol–water partition coefficient (Wildman–Crippen LogP) is 1.89. The highest BCUT2D eigenvalue weighted by molar-refractivity contribution is 6.30. The summed E-state index contributed by atoms with van der Waals surface area (Å²) < 4.78 is 1.63. The van der Waals surface area contributed by atoms with Crippen LogP contribution in [0.4, 0.5) is 5.69 Å². The van der Waals surface area contributed by atoms with Gasteiger partial charge in [0.1, 0.15) is 0 Å². The molecule has 0 saturated carbocycles. The number of hydrogen-bond donors (Lipinski definition) is 2. The molecule has 0 aliphatic heterocycles. The largest absolute Gasteiger partial charge is 0.396 e. The van der Waals surface area contributed by atoms with Crippen LogP contribution in [0.1, 0.15) is 18.5 Å². The van der Waals surface area contributed by atoms with E-state index in [0.717, 1.165) is 5.69 Å². The summed E-state index contributed by atoms with van der Waals surface area (Å²) in [5, 5.41) is 20.0. The van der Waals surface area contributed by atoms with E-state index in [1.165, 1.54) is 0 Å². The second kappa shape index (κ2) is 7.75. The van der Waals surface area contributed by atoms with Crippen molar-refractivity contribution in [2.45, 2.75) is 25.8 Å². The van der Waals surface area contributed by atoms with Crippen molar-refractivity contribution >= 4 is 23.2 Å². The molecule has 0 spiro atoms. The molecule has 1 aromatic heterocycles. The van der Waals surface area contributed by atoms with Crippen molar-refractivity contribution in [2.24, 2.45) is 0 Å². The fourth-order valence-electron chi connectivity index (χ4n) is 1.83. The van der Waals surface area contributed by atoms with E-state index in [2.05, 4.69) is 15.6 Å². The summed E-state index contributed by atoms with van der Waals surface area (Å²) in [6.07, 6.45) is 3.44. The highest BCUT2D eigenvalue weighted by atomic mass is 35.5. The van der Waals surface area contributed by atoms with Gasteiger partial charge in [-0.2, -0.15) is 0 Å². The van der Waals surface area contributed by atoms with Crippen molar-refractivity contribution in [2.75, 3.05) is 11.9 Å². The molecule has 2 aromatic rings. The normalized spacial score (nSPS) is 10.6. The Balaban J connectivity index is 1.79. The molecule has 0 aliphatic carbocycles. The van der Waals surface area contributed by atoms with E-state index < -0.39 is 0 Å². The summed E-state index contributed by atoms with van der Waals surface area (Å²) in [6, 6.07) is 7.01. The SMILES string of the molecule is O=C(CCn1cc(CCCO)nn1)Nc1cccc(Cl)c1. The summed E-state index contributed by atoms with van der Waals surface area (Å²) in [6.45, 7) is 0.591. The third kappa shape index (κ3) is 5.17. The van der Waals surface area contributed by atoms with Crippen molar-refractivity contribution in [1.29, 1.82) is 0 Å². The van der Waals surface area contributed by atoms with Crippen LogP contribution in [0.15, 0.2) is 30.5 Å². The van der Waals surface area contributed by atoms with Crippen molar-refractivity contribution < 1.29 is 9.90 Å². The van der Waals surface area contributed by atoms with Crippen LogP contribution in [0.5, 0.6) is 0 Å². The number of aliphatic hydroxyl groups excluding tert-OH is 1. The van der Waals surface area contributed by atoms with Gasteiger partial charge in [0.2, 0.25) is 5.91 Å². The molecule has 0 saturated heterocycles. The molecular formula is C14H17ClN4O2. The molecule has 1 heterocycles. The fraction of sp³-hybridized carbons (Fsp3) is 0.357. The van der Waals surface area contributed by atoms with Crippen molar-refractivity contribution in [3.8, 4) is 0 Å². The van der Waals surface area contributed by atoms with Gasteiger partial charge in [0.25, 0.3) is 0 Å². The molecule has 1 aromatic carbocycles. The average Bonchev–Trinajstić information content (AvgIpc) is 2.91. The Morgan fingerprint density at radius 3 is 3.05 bits per heavy atom. The Kier molecular flexibility index (Phi) is 5.71. The lowest BCUT2D eigenvalue weighted by Gasteiger charge is -2.05. The molecule has 112 valence electrons. The van der Waals surface area contributed by atoms with Gasteiger partial charge in [-0.15, -0.1) is 5.10 Å². The maximum absolute atomic E-state index is 11.8. The first-order chi connectivity index (χ1) is 10.2. The molecule has 0 radical (unpaired) electrons. The van der Waals surface area contributed by atoms with E-state index in [1.807, 2.05) is 0 Å². The highest BCUT2D eigenvalue weighted by Gasteiger charge is 2.05. The zero-order valence-corrected chi connectivity index (χ0v) is 12.3. The van der Waals surface area contributed by atoms with E-state index in [0.29, 0.717) is 36.5 Å². The second-order valence-electron chi connectivity index (χ2n) is 4.61. The van der Waals surface area contributed by atoms with E-state index >= 15 is 0 Å². The number of aliphatic hydroxyl groups is 1. The number of carbonyl (C=O) groups is 1. The zero-order valence-electron chi connectivity index (χ0n) is 11.5. The number of benzene rings is 1. The van der Waals surface area contributed by atoms with E-state index in [-0.39, 0.29) is 12.5 Å². The van der Waals surface area contributed by atoms with Gasteiger partial charge in [0, 0.05) is 29.9 Å². The quantitative estimate of drug-likeness (QED) is 0.818. The summed E-state index contributed by atoms with van der Waals surface area (Å²) in [5.41, 5.74) is 1.49. The maximum atomic E-state index is 11.8. The molecule has 6 nitrogen and oxygen atoms in total. The highest BCUT2D eigenvalue weighted by Crippen LogP contribution is 2.15. The topological polar surface area (TPSA) is 80.0 Å².